The lowest BCUT2D eigenvalue weighted by Crippen LogP contribution is -1.87. The second-order valence-electron chi connectivity index (χ2n) is 3.05. The molecular weight excluding hydrogens is 315 g/mol. The number of nitrogens with zero attached hydrogens (tertiary/aromatic N) is 1. The highest BCUT2D eigenvalue weighted by atomic mass is 79.9. The number of ether oxygens (including phenoxy) is 1. The molecule has 1 N–H and O–H groups in total. The molecule has 2 rings (SSSR count). The molecule has 1 aromatic carbocycles. The summed E-state index contributed by atoms with van der Waals surface area (Å²) >= 11 is 15.4. The number of hydrogen-bond acceptors (Lipinski definition) is 2. The first-order valence-corrected chi connectivity index (χ1v) is 5.90. The van der Waals surface area contributed by atoms with Crippen LogP contribution in [-0.2, 0) is 0 Å². The highest BCUT2D eigenvalue weighted by Crippen LogP contribution is 2.36. The van der Waals surface area contributed by atoms with E-state index < -0.39 is 0 Å². The number of imidazole rings is 1. The molecule has 0 saturated carbocycles. The fraction of sp³-hybridized carbons (Fsp3) is 0.100. The van der Waals surface area contributed by atoms with Gasteiger partial charge in [0.05, 0.1) is 29.0 Å². The summed E-state index contributed by atoms with van der Waals surface area (Å²) < 4.78 is 5.71. The molecule has 0 unspecified atom stereocenters. The van der Waals surface area contributed by atoms with Gasteiger partial charge in [-0.25, -0.2) is 4.98 Å². The second-order valence-corrected chi connectivity index (χ2v) is 4.62. The van der Waals surface area contributed by atoms with Gasteiger partial charge in [0.15, 0.2) is 4.73 Å². The Morgan fingerprint density at radius 3 is 2.62 bits per heavy atom. The van der Waals surface area contributed by atoms with Crippen LogP contribution in [-0.4, -0.2) is 17.1 Å². The Hall–Kier alpha value is -0.710. The summed E-state index contributed by atoms with van der Waals surface area (Å²) in [5, 5.41) is 1.06. The van der Waals surface area contributed by atoms with Gasteiger partial charge < -0.3 is 9.72 Å². The topological polar surface area (TPSA) is 37.9 Å². The molecule has 0 aliphatic rings. The van der Waals surface area contributed by atoms with E-state index in [4.69, 9.17) is 27.9 Å². The zero-order valence-corrected chi connectivity index (χ0v) is 11.3. The molecule has 0 saturated heterocycles. The third-order valence-electron chi connectivity index (χ3n) is 2.08. The van der Waals surface area contributed by atoms with Gasteiger partial charge in [0.1, 0.15) is 5.75 Å². The molecule has 0 fully saturated rings. The number of aromatic nitrogens is 2. The largest absolute Gasteiger partial charge is 0.495 e. The second kappa shape index (κ2) is 4.65. The van der Waals surface area contributed by atoms with Gasteiger partial charge in [-0.1, -0.05) is 23.2 Å². The van der Waals surface area contributed by atoms with Crippen LogP contribution in [0.3, 0.4) is 0 Å². The Morgan fingerprint density at radius 2 is 2.06 bits per heavy atom. The van der Waals surface area contributed by atoms with Crippen LogP contribution >= 0.6 is 39.1 Å². The summed E-state index contributed by atoms with van der Waals surface area (Å²) in [5.74, 6) is 0.550. The highest BCUT2D eigenvalue weighted by molar-refractivity contribution is 9.10. The number of benzene rings is 1. The predicted molar refractivity (Wildman–Crippen MR) is 68.3 cm³/mol. The minimum absolute atomic E-state index is 0.507. The third kappa shape index (κ3) is 2.19. The van der Waals surface area contributed by atoms with Crippen molar-refractivity contribution in [1.82, 2.24) is 9.97 Å². The van der Waals surface area contributed by atoms with Crippen molar-refractivity contribution >= 4 is 39.1 Å². The van der Waals surface area contributed by atoms with Crippen LogP contribution in [0.1, 0.15) is 0 Å². The number of aromatic amines is 1. The van der Waals surface area contributed by atoms with E-state index in [2.05, 4.69) is 25.9 Å². The summed E-state index contributed by atoms with van der Waals surface area (Å²) in [5.41, 5.74) is 1.58. The third-order valence-corrected chi connectivity index (χ3v) is 3.09. The van der Waals surface area contributed by atoms with Crippen molar-refractivity contribution < 1.29 is 4.74 Å². The normalized spacial score (nSPS) is 10.5. The van der Waals surface area contributed by atoms with E-state index in [9.17, 15) is 0 Å². The number of rotatable bonds is 2. The lowest BCUT2D eigenvalue weighted by molar-refractivity contribution is 0.415. The minimum atomic E-state index is 0.507. The maximum Gasteiger partial charge on any atom is 0.174 e. The van der Waals surface area contributed by atoms with E-state index >= 15 is 0 Å². The molecule has 84 valence electrons. The van der Waals surface area contributed by atoms with E-state index in [0.717, 1.165) is 11.3 Å². The molecule has 6 heteroatoms. The van der Waals surface area contributed by atoms with Gasteiger partial charge in [0.2, 0.25) is 0 Å². The van der Waals surface area contributed by atoms with Crippen LogP contribution in [0.5, 0.6) is 5.75 Å². The van der Waals surface area contributed by atoms with Gasteiger partial charge in [-0.2, -0.15) is 0 Å². The molecule has 1 aromatic heterocycles. The highest BCUT2D eigenvalue weighted by Gasteiger charge is 2.11. The van der Waals surface area contributed by atoms with Crippen molar-refractivity contribution in [3.8, 4) is 17.0 Å². The first-order chi connectivity index (χ1) is 7.61. The van der Waals surface area contributed by atoms with Gasteiger partial charge in [-0.15, -0.1) is 0 Å². The van der Waals surface area contributed by atoms with Crippen LogP contribution < -0.4 is 4.74 Å². The first-order valence-electron chi connectivity index (χ1n) is 4.35. The van der Waals surface area contributed by atoms with Gasteiger partial charge >= 0.3 is 0 Å². The van der Waals surface area contributed by atoms with Crippen molar-refractivity contribution in [2.24, 2.45) is 0 Å². The quantitative estimate of drug-likeness (QED) is 0.902. The van der Waals surface area contributed by atoms with Crippen LogP contribution in [0, 0.1) is 0 Å². The first kappa shape index (κ1) is 11.8. The number of H-pyrrole nitrogens is 1. The minimum Gasteiger partial charge on any atom is -0.495 e. The van der Waals surface area contributed by atoms with Crippen LogP contribution in [0.15, 0.2) is 23.1 Å². The van der Waals surface area contributed by atoms with Crippen molar-refractivity contribution in [2.45, 2.75) is 0 Å². The summed E-state index contributed by atoms with van der Waals surface area (Å²) in [4.78, 5) is 7.05. The van der Waals surface area contributed by atoms with E-state index in [1.807, 2.05) is 0 Å². The Morgan fingerprint density at radius 1 is 1.31 bits per heavy atom. The zero-order chi connectivity index (χ0) is 11.7. The zero-order valence-electron chi connectivity index (χ0n) is 8.22. The van der Waals surface area contributed by atoms with Gasteiger partial charge in [-0.05, 0) is 22.0 Å². The molecule has 16 heavy (non-hydrogen) atoms. The summed E-state index contributed by atoms with van der Waals surface area (Å²) in [6, 6.07) is 3.41. The van der Waals surface area contributed by atoms with Gasteiger partial charge in [-0.3, -0.25) is 0 Å². The van der Waals surface area contributed by atoms with E-state index in [1.165, 1.54) is 0 Å². The maximum atomic E-state index is 6.12. The number of hydrogen-bond donors (Lipinski definition) is 1. The maximum absolute atomic E-state index is 6.12. The Balaban J connectivity index is 2.54. The van der Waals surface area contributed by atoms with Crippen LogP contribution in [0.25, 0.3) is 11.3 Å². The molecule has 0 spiro atoms. The molecule has 0 amide bonds. The fourth-order valence-corrected chi connectivity index (χ4v) is 2.14. The summed E-state index contributed by atoms with van der Waals surface area (Å²) in [6.07, 6.45) is 1.67. The molecule has 0 radical (unpaired) electrons. The van der Waals surface area contributed by atoms with Crippen LogP contribution in [0.2, 0.25) is 10.0 Å². The number of methoxy groups -OCH3 is 1. The van der Waals surface area contributed by atoms with E-state index in [0.29, 0.717) is 20.5 Å². The van der Waals surface area contributed by atoms with Crippen molar-refractivity contribution in [3.63, 3.8) is 0 Å². The van der Waals surface area contributed by atoms with Gasteiger partial charge in [0, 0.05) is 11.6 Å². The summed E-state index contributed by atoms with van der Waals surface area (Å²) in [6.45, 7) is 0. The standard InChI is InChI=1S/C10H7BrCl2N2O/c1-16-9-3-6(12)5(2-7(9)13)8-4-14-10(11)15-8/h2-4H,1H3,(H,14,15). The predicted octanol–water partition coefficient (Wildman–Crippen LogP) is 4.15. The van der Waals surface area contributed by atoms with Crippen molar-refractivity contribution in [2.75, 3.05) is 7.11 Å². The monoisotopic (exact) mass is 320 g/mol. The van der Waals surface area contributed by atoms with Crippen molar-refractivity contribution in [3.05, 3.63) is 33.1 Å². The van der Waals surface area contributed by atoms with E-state index in [1.54, 1.807) is 25.4 Å². The molecule has 0 aliphatic carbocycles. The SMILES string of the molecule is COc1cc(Cl)c(-c2cnc(Br)[nH]2)cc1Cl. The Bertz CT molecular complexity index is 528. The fourth-order valence-electron chi connectivity index (χ4n) is 1.33. The molecule has 2 aromatic rings. The summed E-state index contributed by atoms with van der Waals surface area (Å²) in [7, 11) is 1.55. The number of halogens is 3. The lowest BCUT2D eigenvalue weighted by atomic mass is 10.1. The molecule has 0 atom stereocenters. The Labute approximate surface area is 111 Å². The lowest BCUT2D eigenvalue weighted by Gasteiger charge is -2.07. The number of nitrogens with one attached hydrogen (secondary N) is 1. The Kier molecular flexibility index (Phi) is 3.42. The van der Waals surface area contributed by atoms with Gasteiger partial charge in [0.25, 0.3) is 0 Å². The average molecular weight is 322 g/mol. The van der Waals surface area contributed by atoms with Crippen LogP contribution in [0.4, 0.5) is 0 Å². The molecular formula is C10H7BrCl2N2O. The average Bonchev–Trinajstić information content (AvgIpc) is 2.67. The van der Waals surface area contributed by atoms with Crippen molar-refractivity contribution in [1.29, 1.82) is 0 Å². The van der Waals surface area contributed by atoms with E-state index in [-0.39, 0.29) is 0 Å². The molecule has 3 nitrogen and oxygen atoms in total. The molecule has 0 bridgehead atoms. The smallest absolute Gasteiger partial charge is 0.174 e. The molecule has 0 aliphatic heterocycles. The molecule has 1 heterocycles.